The molecule has 0 saturated carbocycles. The first kappa shape index (κ1) is 20.1. The number of hydrogen-bond donors (Lipinski definition) is 1. The predicted molar refractivity (Wildman–Crippen MR) is 103 cm³/mol. The summed E-state index contributed by atoms with van der Waals surface area (Å²) in [6.45, 7) is 3.18. The molecule has 1 fully saturated rings. The van der Waals surface area contributed by atoms with E-state index in [2.05, 4.69) is 10.2 Å². The number of carbonyl (C=O) groups excluding carboxylic acids is 1. The molecule has 6 nitrogen and oxygen atoms in total. The number of carbonyl (C=O) groups is 1. The summed E-state index contributed by atoms with van der Waals surface area (Å²) in [5.74, 6) is 0.593. The van der Waals surface area contributed by atoms with E-state index in [-0.39, 0.29) is 17.8 Å². The number of morpholine rings is 1. The molecule has 1 amide bonds. The van der Waals surface area contributed by atoms with E-state index in [4.69, 9.17) is 14.2 Å². The van der Waals surface area contributed by atoms with Crippen LogP contribution >= 0.6 is 0 Å². The predicted octanol–water partition coefficient (Wildman–Crippen LogP) is 2.65. The zero-order valence-corrected chi connectivity index (χ0v) is 16.1. The summed E-state index contributed by atoms with van der Waals surface area (Å²) in [4.78, 5) is 15.0. The Morgan fingerprint density at radius 3 is 2.29 bits per heavy atom. The Kier molecular flexibility index (Phi) is 6.84. The first-order valence-electron chi connectivity index (χ1n) is 9.19. The van der Waals surface area contributed by atoms with E-state index in [1.807, 2.05) is 0 Å². The van der Waals surface area contributed by atoms with E-state index in [0.29, 0.717) is 36.8 Å². The Hall–Kier alpha value is -2.64. The largest absolute Gasteiger partial charge is 0.497 e. The van der Waals surface area contributed by atoms with Gasteiger partial charge in [-0.1, -0.05) is 12.1 Å². The fourth-order valence-electron chi connectivity index (χ4n) is 3.26. The van der Waals surface area contributed by atoms with E-state index in [1.165, 1.54) is 12.1 Å². The van der Waals surface area contributed by atoms with Gasteiger partial charge >= 0.3 is 0 Å². The molecule has 1 N–H and O–H groups in total. The molecule has 0 radical (unpaired) electrons. The molecule has 28 heavy (non-hydrogen) atoms. The minimum absolute atomic E-state index is 0.0686. The summed E-state index contributed by atoms with van der Waals surface area (Å²) in [5.41, 5.74) is 1.41. The Morgan fingerprint density at radius 2 is 1.71 bits per heavy atom. The van der Waals surface area contributed by atoms with Gasteiger partial charge in [-0.25, -0.2) is 4.39 Å². The molecule has 1 heterocycles. The smallest absolute Gasteiger partial charge is 0.251 e. The second-order valence-electron chi connectivity index (χ2n) is 6.53. The molecule has 0 aliphatic carbocycles. The highest BCUT2D eigenvalue weighted by molar-refractivity contribution is 5.95. The fourth-order valence-corrected chi connectivity index (χ4v) is 3.26. The number of benzene rings is 2. The van der Waals surface area contributed by atoms with E-state index < -0.39 is 0 Å². The van der Waals surface area contributed by atoms with Crippen molar-refractivity contribution >= 4 is 5.91 Å². The molecular weight excluding hydrogens is 363 g/mol. The van der Waals surface area contributed by atoms with Crippen molar-refractivity contribution in [2.75, 3.05) is 47.1 Å². The maximum absolute atomic E-state index is 13.3. The Bertz CT molecular complexity index is 769. The van der Waals surface area contributed by atoms with Crippen molar-refractivity contribution in [2.45, 2.75) is 6.04 Å². The lowest BCUT2D eigenvalue weighted by Crippen LogP contribution is -2.43. The molecule has 2 aromatic carbocycles. The van der Waals surface area contributed by atoms with Gasteiger partial charge in [-0.05, 0) is 29.8 Å². The molecule has 2 aromatic rings. The number of amides is 1. The van der Waals surface area contributed by atoms with Gasteiger partial charge in [0.2, 0.25) is 0 Å². The second-order valence-corrected chi connectivity index (χ2v) is 6.53. The summed E-state index contributed by atoms with van der Waals surface area (Å²) < 4.78 is 29.2. The third-order valence-electron chi connectivity index (χ3n) is 4.81. The van der Waals surface area contributed by atoms with Gasteiger partial charge in [-0.2, -0.15) is 0 Å². The van der Waals surface area contributed by atoms with Gasteiger partial charge in [0.1, 0.15) is 17.3 Å². The molecule has 1 aliphatic rings. The number of nitrogens with one attached hydrogen (secondary N) is 1. The van der Waals surface area contributed by atoms with Gasteiger partial charge in [0.25, 0.3) is 5.91 Å². The maximum Gasteiger partial charge on any atom is 0.251 e. The van der Waals surface area contributed by atoms with Crippen molar-refractivity contribution < 1.29 is 23.4 Å². The Morgan fingerprint density at radius 1 is 1.11 bits per heavy atom. The average molecular weight is 388 g/mol. The van der Waals surface area contributed by atoms with Crippen molar-refractivity contribution in [3.8, 4) is 11.5 Å². The van der Waals surface area contributed by atoms with Crippen LogP contribution in [0.1, 0.15) is 22.0 Å². The lowest BCUT2D eigenvalue weighted by molar-refractivity contribution is 0.0162. The highest BCUT2D eigenvalue weighted by atomic mass is 19.1. The van der Waals surface area contributed by atoms with Crippen LogP contribution in [0, 0.1) is 5.82 Å². The minimum Gasteiger partial charge on any atom is -0.497 e. The number of hydrogen-bond acceptors (Lipinski definition) is 5. The summed E-state index contributed by atoms with van der Waals surface area (Å²) in [5, 5.41) is 2.99. The molecule has 1 atom stereocenters. The molecule has 7 heteroatoms. The van der Waals surface area contributed by atoms with Gasteiger partial charge in [0.15, 0.2) is 0 Å². The number of rotatable bonds is 7. The van der Waals surface area contributed by atoms with Crippen molar-refractivity contribution in [3.63, 3.8) is 0 Å². The molecule has 150 valence electrons. The van der Waals surface area contributed by atoms with Crippen LogP contribution in [0.15, 0.2) is 42.5 Å². The zero-order chi connectivity index (χ0) is 19.9. The highest BCUT2D eigenvalue weighted by Crippen LogP contribution is 2.24. The van der Waals surface area contributed by atoms with Crippen LogP contribution < -0.4 is 14.8 Å². The third kappa shape index (κ3) is 4.99. The summed E-state index contributed by atoms with van der Waals surface area (Å²) in [6.07, 6.45) is 0. The quantitative estimate of drug-likeness (QED) is 0.790. The number of ether oxygens (including phenoxy) is 3. The van der Waals surface area contributed by atoms with Gasteiger partial charge in [-0.3, -0.25) is 9.69 Å². The Labute approximate surface area is 164 Å². The normalized spacial score (nSPS) is 15.7. The molecule has 0 spiro atoms. The van der Waals surface area contributed by atoms with Gasteiger partial charge < -0.3 is 19.5 Å². The summed E-state index contributed by atoms with van der Waals surface area (Å²) in [6, 6.07) is 11.4. The van der Waals surface area contributed by atoms with Crippen LogP contribution in [0.25, 0.3) is 0 Å². The molecule has 0 aromatic heterocycles. The van der Waals surface area contributed by atoms with Gasteiger partial charge in [-0.15, -0.1) is 0 Å². The van der Waals surface area contributed by atoms with E-state index in [1.54, 1.807) is 44.6 Å². The molecular formula is C21H25FN2O4. The van der Waals surface area contributed by atoms with Crippen molar-refractivity contribution in [3.05, 3.63) is 59.4 Å². The fraction of sp³-hybridized carbons (Fsp3) is 0.381. The van der Waals surface area contributed by atoms with Crippen LogP contribution in [0.2, 0.25) is 0 Å². The average Bonchev–Trinajstić information content (AvgIpc) is 2.75. The molecule has 0 unspecified atom stereocenters. The van der Waals surface area contributed by atoms with Crippen LogP contribution in [-0.2, 0) is 4.74 Å². The standard InChI is InChI=1S/C21H25FN2O4/c1-26-18-11-16(12-19(13-18)27-2)21(25)23-14-20(24-7-9-28-10-8-24)15-3-5-17(22)6-4-15/h3-6,11-13,20H,7-10,14H2,1-2H3,(H,23,25)/t20-/m0/s1. The number of halogens is 1. The maximum atomic E-state index is 13.3. The van der Waals surface area contributed by atoms with Crippen molar-refractivity contribution in [1.29, 1.82) is 0 Å². The monoisotopic (exact) mass is 388 g/mol. The molecule has 3 rings (SSSR count). The minimum atomic E-state index is -0.281. The third-order valence-corrected chi connectivity index (χ3v) is 4.81. The SMILES string of the molecule is COc1cc(OC)cc(C(=O)NC[C@@H](c2ccc(F)cc2)N2CCOCC2)c1. The summed E-state index contributed by atoms with van der Waals surface area (Å²) in [7, 11) is 3.08. The van der Waals surface area contributed by atoms with Crippen LogP contribution in [0.3, 0.4) is 0 Å². The first-order chi connectivity index (χ1) is 13.6. The second kappa shape index (κ2) is 9.52. The molecule has 1 aliphatic heterocycles. The Balaban J connectivity index is 1.75. The first-order valence-corrected chi connectivity index (χ1v) is 9.19. The highest BCUT2D eigenvalue weighted by Gasteiger charge is 2.23. The zero-order valence-electron chi connectivity index (χ0n) is 16.1. The van der Waals surface area contributed by atoms with E-state index in [9.17, 15) is 9.18 Å². The van der Waals surface area contributed by atoms with Crippen molar-refractivity contribution in [1.82, 2.24) is 10.2 Å². The number of nitrogens with zero attached hydrogens (tertiary/aromatic N) is 1. The van der Waals surface area contributed by atoms with Gasteiger partial charge in [0.05, 0.1) is 33.5 Å². The van der Waals surface area contributed by atoms with Crippen molar-refractivity contribution in [2.24, 2.45) is 0 Å². The molecule has 0 bridgehead atoms. The van der Waals surface area contributed by atoms with Crippen LogP contribution in [0.4, 0.5) is 4.39 Å². The van der Waals surface area contributed by atoms with Gasteiger partial charge in [0, 0.05) is 31.3 Å². The van der Waals surface area contributed by atoms with Crippen LogP contribution in [-0.4, -0.2) is 57.9 Å². The number of methoxy groups -OCH3 is 2. The van der Waals surface area contributed by atoms with Crippen LogP contribution in [0.5, 0.6) is 11.5 Å². The lowest BCUT2D eigenvalue weighted by atomic mass is 10.0. The lowest BCUT2D eigenvalue weighted by Gasteiger charge is -2.35. The molecule has 1 saturated heterocycles. The topological polar surface area (TPSA) is 60.0 Å². The van der Waals surface area contributed by atoms with E-state index in [0.717, 1.165) is 18.7 Å². The summed E-state index contributed by atoms with van der Waals surface area (Å²) >= 11 is 0. The van der Waals surface area contributed by atoms with E-state index >= 15 is 0 Å².